The van der Waals surface area contributed by atoms with E-state index in [-0.39, 0.29) is 23.0 Å². The quantitative estimate of drug-likeness (QED) is 0.687. The van der Waals surface area contributed by atoms with Crippen LogP contribution in [0.1, 0.15) is 87.5 Å². The lowest BCUT2D eigenvalue weighted by Gasteiger charge is -2.48. The molecule has 2 aliphatic carbocycles. The van der Waals surface area contributed by atoms with Gasteiger partial charge in [0.05, 0.1) is 12.2 Å². The maximum atomic E-state index is 10.7. The Morgan fingerprint density at radius 2 is 0.960 bits per heavy atom. The second kappa shape index (κ2) is 7.50. The van der Waals surface area contributed by atoms with Crippen molar-refractivity contribution < 1.29 is 10.2 Å². The van der Waals surface area contributed by atoms with Gasteiger partial charge in [-0.25, -0.2) is 0 Å². The van der Waals surface area contributed by atoms with Crippen molar-refractivity contribution in [3.63, 3.8) is 0 Å². The van der Waals surface area contributed by atoms with Gasteiger partial charge in [0.1, 0.15) is 0 Å². The van der Waals surface area contributed by atoms with Crippen molar-refractivity contribution in [2.75, 3.05) is 0 Å². The summed E-state index contributed by atoms with van der Waals surface area (Å²) in [5.74, 6) is 3.10. The highest BCUT2D eigenvalue weighted by molar-refractivity contribution is 4.94. The standard InChI is InChI=1S/C23H44O2/c1-14-9-16(12-18(20(14)24)22(3,4)5)11-17-10-15(2)21(25)19(13-17)23(6,7)8/h14-21,24-25H,9-13H2,1-8H3. The van der Waals surface area contributed by atoms with Gasteiger partial charge in [-0.05, 0) is 78.4 Å². The Morgan fingerprint density at radius 1 is 0.640 bits per heavy atom. The van der Waals surface area contributed by atoms with E-state index in [4.69, 9.17) is 0 Å². The highest BCUT2D eigenvalue weighted by Gasteiger charge is 2.44. The fourth-order valence-electron chi connectivity index (χ4n) is 5.90. The largest absolute Gasteiger partial charge is 0.393 e. The maximum absolute atomic E-state index is 10.7. The van der Waals surface area contributed by atoms with Crippen molar-refractivity contribution in [1.82, 2.24) is 0 Å². The Bertz CT molecular complexity index is 390. The molecule has 2 nitrogen and oxygen atoms in total. The second-order valence-electron chi connectivity index (χ2n) is 11.8. The summed E-state index contributed by atoms with van der Waals surface area (Å²) in [6.45, 7) is 18.2. The molecular weight excluding hydrogens is 308 g/mol. The van der Waals surface area contributed by atoms with E-state index in [1.165, 1.54) is 32.1 Å². The number of rotatable bonds is 2. The van der Waals surface area contributed by atoms with Gasteiger partial charge in [0.15, 0.2) is 0 Å². The highest BCUT2D eigenvalue weighted by Crippen LogP contribution is 2.48. The molecule has 2 aliphatic rings. The van der Waals surface area contributed by atoms with Crippen molar-refractivity contribution >= 4 is 0 Å². The first-order chi connectivity index (χ1) is 11.3. The third-order valence-electron chi connectivity index (χ3n) is 7.47. The molecule has 0 aliphatic heterocycles. The van der Waals surface area contributed by atoms with Crippen LogP contribution in [0, 0.1) is 46.3 Å². The summed E-state index contributed by atoms with van der Waals surface area (Å²) < 4.78 is 0. The van der Waals surface area contributed by atoms with E-state index in [1.54, 1.807) is 0 Å². The first-order valence-electron chi connectivity index (χ1n) is 10.7. The molecule has 0 aromatic heterocycles. The van der Waals surface area contributed by atoms with Crippen LogP contribution in [0.15, 0.2) is 0 Å². The number of hydrogen-bond acceptors (Lipinski definition) is 2. The van der Waals surface area contributed by atoms with Crippen LogP contribution in [0.25, 0.3) is 0 Å². The minimum atomic E-state index is -0.148. The lowest BCUT2D eigenvalue weighted by Crippen LogP contribution is -2.45. The van der Waals surface area contributed by atoms with Crippen LogP contribution in [0.4, 0.5) is 0 Å². The van der Waals surface area contributed by atoms with Crippen LogP contribution in [-0.2, 0) is 0 Å². The van der Waals surface area contributed by atoms with E-state index in [0.29, 0.717) is 23.7 Å². The summed E-state index contributed by atoms with van der Waals surface area (Å²) in [5, 5.41) is 21.4. The zero-order valence-corrected chi connectivity index (χ0v) is 18.0. The van der Waals surface area contributed by atoms with Gasteiger partial charge in [-0.1, -0.05) is 55.4 Å². The minimum absolute atomic E-state index is 0.148. The monoisotopic (exact) mass is 352 g/mol. The van der Waals surface area contributed by atoms with Gasteiger partial charge in [-0.2, -0.15) is 0 Å². The molecule has 2 N–H and O–H groups in total. The van der Waals surface area contributed by atoms with Gasteiger partial charge < -0.3 is 10.2 Å². The molecule has 148 valence electrons. The van der Waals surface area contributed by atoms with E-state index in [0.717, 1.165) is 11.8 Å². The molecule has 2 heteroatoms. The third kappa shape index (κ3) is 5.01. The predicted octanol–water partition coefficient (Wildman–Crippen LogP) is 5.52. The fourth-order valence-corrected chi connectivity index (χ4v) is 5.90. The Kier molecular flexibility index (Phi) is 6.37. The van der Waals surface area contributed by atoms with Crippen LogP contribution < -0.4 is 0 Å². The van der Waals surface area contributed by atoms with E-state index in [9.17, 15) is 10.2 Å². The first-order valence-corrected chi connectivity index (χ1v) is 10.7. The Labute approximate surface area is 156 Å². The van der Waals surface area contributed by atoms with Crippen LogP contribution in [0.5, 0.6) is 0 Å². The molecule has 8 unspecified atom stereocenters. The van der Waals surface area contributed by atoms with Crippen LogP contribution in [-0.4, -0.2) is 22.4 Å². The highest BCUT2D eigenvalue weighted by atomic mass is 16.3. The molecule has 2 saturated carbocycles. The molecule has 8 atom stereocenters. The molecule has 2 rings (SSSR count). The molecule has 0 saturated heterocycles. The van der Waals surface area contributed by atoms with E-state index < -0.39 is 0 Å². The van der Waals surface area contributed by atoms with E-state index in [1.807, 2.05) is 0 Å². The predicted molar refractivity (Wildman–Crippen MR) is 106 cm³/mol. The van der Waals surface area contributed by atoms with E-state index in [2.05, 4.69) is 55.4 Å². The van der Waals surface area contributed by atoms with Gasteiger partial charge in [-0.15, -0.1) is 0 Å². The van der Waals surface area contributed by atoms with Crippen LogP contribution in [0.3, 0.4) is 0 Å². The summed E-state index contributed by atoms with van der Waals surface area (Å²) in [4.78, 5) is 0. The zero-order chi connectivity index (χ0) is 19.2. The lowest BCUT2D eigenvalue weighted by atomic mass is 9.60. The SMILES string of the molecule is CC1CC(CC2CC(C)C(O)C(C(C)(C)C)C2)CC(C(C)(C)C)C1O. The van der Waals surface area contributed by atoms with Crippen LogP contribution >= 0.6 is 0 Å². The summed E-state index contributed by atoms with van der Waals surface area (Å²) >= 11 is 0. The Hall–Kier alpha value is -0.0800. The second-order valence-corrected chi connectivity index (χ2v) is 11.8. The molecule has 25 heavy (non-hydrogen) atoms. The fraction of sp³-hybridized carbons (Fsp3) is 1.00. The summed E-state index contributed by atoms with van der Waals surface area (Å²) in [5.41, 5.74) is 0.354. The Balaban J connectivity index is 2.05. The first kappa shape index (κ1) is 21.2. The minimum Gasteiger partial charge on any atom is -0.393 e. The lowest BCUT2D eigenvalue weighted by molar-refractivity contribution is -0.0642. The van der Waals surface area contributed by atoms with Gasteiger partial charge >= 0.3 is 0 Å². The molecule has 0 bridgehead atoms. The topological polar surface area (TPSA) is 40.5 Å². The summed E-state index contributed by atoms with van der Waals surface area (Å²) in [7, 11) is 0. The van der Waals surface area contributed by atoms with Gasteiger partial charge in [0, 0.05) is 0 Å². The number of aliphatic hydroxyl groups is 2. The van der Waals surface area contributed by atoms with Crippen molar-refractivity contribution in [2.45, 2.75) is 99.7 Å². The van der Waals surface area contributed by atoms with Gasteiger partial charge in [0.25, 0.3) is 0 Å². The summed E-state index contributed by atoms with van der Waals surface area (Å²) in [6.07, 6.45) is 5.66. The van der Waals surface area contributed by atoms with Crippen molar-refractivity contribution in [3.05, 3.63) is 0 Å². The molecule has 0 aromatic rings. The molecule has 0 radical (unpaired) electrons. The molecule has 2 fully saturated rings. The third-order valence-corrected chi connectivity index (χ3v) is 7.47. The average Bonchev–Trinajstić information content (AvgIpc) is 2.43. The van der Waals surface area contributed by atoms with Crippen LogP contribution in [0.2, 0.25) is 0 Å². The zero-order valence-electron chi connectivity index (χ0n) is 18.0. The normalized spacial score (nSPS) is 43.9. The smallest absolute Gasteiger partial charge is 0.0599 e. The molecule has 0 aromatic carbocycles. The average molecular weight is 353 g/mol. The molecule has 0 spiro atoms. The number of hydrogen-bond donors (Lipinski definition) is 2. The maximum Gasteiger partial charge on any atom is 0.0599 e. The number of aliphatic hydroxyl groups excluding tert-OH is 2. The van der Waals surface area contributed by atoms with E-state index >= 15 is 0 Å². The van der Waals surface area contributed by atoms with Crippen molar-refractivity contribution in [2.24, 2.45) is 46.3 Å². The Morgan fingerprint density at radius 3 is 1.24 bits per heavy atom. The van der Waals surface area contributed by atoms with Gasteiger partial charge in [0.2, 0.25) is 0 Å². The summed E-state index contributed by atoms with van der Waals surface area (Å²) in [6, 6.07) is 0. The molecular formula is C23H44O2. The van der Waals surface area contributed by atoms with Crippen molar-refractivity contribution in [1.29, 1.82) is 0 Å². The van der Waals surface area contributed by atoms with Gasteiger partial charge in [-0.3, -0.25) is 0 Å². The molecule has 0 amide bonds. The molecule has 0 heterocycles. The van der Waals surface area contributed by atoms with Crippen molar-refractivity contribution in [3.8, 4) is 0 Å².